The molecule has 1 aromatic heterocycles. The highest BCUT2D eigenvalue weighted by Crippen LogP contribution is 2.11. The van der Waals surface area contributed by atoms with Crippen LogP contribution in [0.1, 0.15) is 12.8 Å². The minimum atomic E-state index is 0.767. The van der Waals surface area contributed by atoms with Gasteiger partial charge in [-0.3, -0.25) is 5.10 Å². The molecule has 1 aliphatic heterocycles. The van der Waals surface area contributed by atoms with Gasteiger partial charge in [-0.05, 0) is 31.8 Å². The Kier molecular flexibility index (Phi) is 2.82. The number of anilines is 1. The van der Waals surface area contributed by atoms with E-state index in [1.807, 2.05) is 12.4 Å². The second-order valence-electron chi connectivity index (χ2n) is 3.58. The highest BCUT2D eigenvalue weighted by molar-refractivity contribution is 5.37. The van der Waals surface area contributed by atoms with Gasteiger partial charge in [-0.25, -0.2) is 0 Å². The quantitative estimate of drug-likeness (QED) is 0.645. The molecule has 1 aromatic rings. The molecule has 0 aromatic carbocycles. The van der Waals surface area contributed by atoms with Crippen molar-refractivity contribution in [2.45, 2.75) is 12.8 Å². The van der Waals surface area contributed by atoms with E-state index in [9.17, 15) is 0 Å². The summed E-state index contributed by atoms with van der Waals surface area (Å²) in [6, 6.07) is 0. The van der Waals surface area contributed by atoms with E-state index in [1.54, 1.807) is 0 Å². The molecule has 4 nitrogen and oxygen atoms in total. The summed E-state index contributed by atoms with van der Waals surface area (Å²) in [5, 5.41) is 13.4. The summed E-state index contributed by atoms with van der Waals surface area (Å²) in [4.78, 5) is 0. The molecular weight excluding hydrogens is 164 g/mol. The lowest BCUT2D eigenvalue weighted by Crippen LogP contribution is -2.33. The van der Waals surface area contributed by atoms with E-state index in [2.05, 4.69) is 20.8 Å². The van der Waals surface area contributed by atoms with Crippen molar-refractivity contribution < 1.29 is 0 Å². The van der Waals surface area contributed by atoms with Crippen molar-refractivity contribution in [2.24, 2.45) is 5.92 Å². The van der Waals surface area contributed by atoms with Gasteiger partial charge in [0, 0.05) is 12.7 Å². The van der Waals surface area contributed by atoms with Crippen molar-refractivity contribution in [1.29, 1.82) is 0 Å². The molecule has 13 heavy (non-hydrogen) atoms. The first-order valence-electron chi connectivity index (χ1n) is 4.88. The van der Waals surface area contributed by atoms with E-state index in [-0.39, 0.29) is 0 Å². The minimum Gasteiger partial charge on any atom is -0.382 e. The van der Waals surface area contributed by atoms with E-state index in [0.717, 1.165) is 24.7 Å². The fraction of sp³-hybridized carbons (Fsp3) is 0.667. The van der Waals surface area contributed by atoms with Gasteiger partial charge in [0.05, 0.1) is 11.9 Å². The van der Waals surface area contributed by atoms with E-state index in [4.69, 9.17) is 0 Å². The first-order valence-corrected chi connectivity index (χ1v) is 4.88. The second-order valence-corrected chi connectivity index (χ2v) is 3.58. The molecule has 1 fully saturated rings. The molecule has 0 amide bonds. The van der Waals surface area contributed by atoms with Gasteiger partial charge in [0.25, 0.3) is 0 Å². The molecular formula is C9H16N4. The van der Waals surface area contributed by atoms with Gasteiger partial charge in [-0.1, -0.05) is 0 Å². The van der Waals surface area contributed by atoms with Crippen LogP contribution in [-0.2, 0) is 0 Å². The van der Waals surface area contributed by atoms with E-state index in [0.29, 0.717) is 0 Å². The Morgan fingerprint density at radius 3 is 3.31 bits per heavy atom. The maximum absolute atomic E-state index is 3.88. The zero-order chi connectivity index (χ0) is 8.93. The highest BCUT2D eigenvalue weighted by atomic mass is 15.1. The van der Waals surface area contributed by atoms with E-state index < -0.39 is 0 Å². The average molecular weight is 180 g/mol. The number of H-pyrrole nitrogens is 1. The predicted molar refractivity (Wildman–Crippen MR) is 52.7 cm³/mol. The number of hydrogen-bond acceptors (Lipinski definition) is 3. The molecule has 0 bridgehead atoms. The summed E-state index contributed by atoms with van der Waals surface area (Å²) in [6.07, 6.45) is 6.34. The van der Waals surface area contributed by atoms with Gasteiger partial charge in [0.2, 0.25) is 0 Å². The number of nitrogens with zero attached hydrogens (tertiary/aromatic N) is 1. The minimum absolute atomic E-state index is 0.767. The van der Waals surface area contributed by atoms with Crippen LogP contribution in [0.15, 0.2) is 12.4 Å². The van der Waals surface area contributed by atoms with Gasteiger partial charge in [0.15, 0.2) is 0 Å². The fourth-order valence-electron chi connectivity index (χ4n) is 1.71. The zero-order valence-electron chi connectivity index (χ0n) is 7.71. The molecule has 2 rings (SSSR count). The Hall–Kier alpha value is -1.03. The Morgan fingerprint density at radius 1 is 1.62 bits per heavy atom. The van der Waals surface area contributed by atoms with Crippen LogP contribution in [0, 0.1) is 5.92 Å². The maximum atomic E-state index is 3.88. The smallest absolute Gasteiger partial charge is 0.0723 e. The fourth-order valence-corrected chi connectivity index (χ4v) is 1.71. The molecule has 0 radical (unpaired) electrons. The summed E-state index contributed by atoms with van der Waals surface area (Å²) in [6.45, 7) is 3.37. The second kappa shape index (κ2) is 4.28. The molecule has 1 atom stereocenters. The van der Waals surface area contributed by atoms with Gasteiger partial charge in [-0.2, -0.15) is 5.10 Å². The standard InChI is InChI=1S/C9H16N4/c1-2-8(4-10-3-1)5-11-9-6-12-13-7-9/h6-8,10-11H,1-5H2,(H,12,13). The van der Waals surface area contributed by atoms with Crippen LogP contribution in [-0.4, -0.2) is 29.8 Å². The third-order valence-corrected chi connectivity index (χ3v) is 2.49. The van der Waals surface area contributed by atoms with Gasteiger partial charge in [-0.15, -0.1) is 0 Å². The third-order valence-electron chi connectivity index (χ3n) is 2.49. The van der Waals surface area contributed by atoms with Crippen LogP contribution in [0.25, 0.3) is 0 Å². The molecule has 1 aliphatic rings. The van der Waals surface area contributed by atoms with E-state index >= 15 is 0 Å². The van der Waals surface area contributed by atoms with Crippen LogP contribution in [0.2, 0.25) is 0 Å². The Balaban J connectivity index is 1.72. The number of aromatic nitrogens is 2. The molecule has 1 saturated heterocycles. The molecule has 4 heteroatoms. The first kappa shape index (κ1) is 8.56. The summed E-state index contributed by atoms with van der Waals surface area (Å²) in [7, 11) is 0. The lowest BCUT2D eigenvalue weighted by Gasteiger charge is -2.22. The monoisotopic (exact) mass is 180 g/mol. The highest BCUT2D eigenvalue weighted by Gasteiger charge is 2.12. The topological polar surface area (TPSA) is 52.7 Å². The summed E-state index contributed by atoms with van der Waals surface area (Å²) in [5.41, 5.74) is 1.09. The normalized spacial score (nSPS) is 22.9. The molecule has 0 saturated carbocycles. The maximum Gasteiger partial charge on any atom is 0.0723 e. The van der Waals surface area contributed by atoms with Crippen molar-refractivity contribution in [3.63, 3.8) is 0 Å². The van der Waals surface area contributed by atoms with Crippen LogP contribution in [0.4, 0.5) is 5.69 Å². The first-order chi connectivity index (χ1) is 6.45. The van der Waals surface area contributed by atoms with Crippen LogP contribution >= 0.6 is 0 Å². The Labute approximate surface area is 78.1 Å². The number of aromatic amines is 1. The molecule has 72 valence electrons. The summed E-state index contributed by atoms with van der Waals surface area (Å²) < 4.78 is 0. The van der Waals surface area contributed by atoms with Gasteiger partial charge < -0.3 is 10.6 Å². The number of rotatable bonds is 3. The molecule has 0 aliphatic carbocycles. The SMILES string of the molecule is c1n[nH]cc1NCC1CCCNC1. The largest absolute Gasteiger partial charge is 0.382 e. The zero-order valence-corrected chi connectivity index (χ0v) is 7.71. The molecule has 2 heterocycles. The number of hydrogen-bond donors (Lipinski definition) is 3. The summed E-state index contributed by atoms with van der Waals surface area (Å²) >= 11 is 0. The average Bonchev–Trinajstić information content (AvgIpc) is 2.69. The van der Waals surface area contributed by atoms with E-state index in [1.165, 1.54) is 19.4 Å². The van der Waals surface area contributed by atoms with Crippen LogP contribution in [0.5, 0.6) is 0 Å². The third kappa shape index (κ3) is 2.45. The van der Waals surface area contributed by atoms with Crippen LogP contribution in [0.3, 0.4) is 0 Å². The lowest BCUT2D eigenvalue weighted by atomic mass is 10.00. The van der Waals surface area contributed by atoms with Gasteiger partial charge >= 0.3 is 0 Å². The number of piperidine rings is 1. The molecule has 0 spiro atoms. The lowest BCUT2D eigenvalue weighted by molar-refractivity contribution is 0.393. The Morgan fingerprint density at radius 2 is 2.62 bits per heavy atom. The van der Waals surface area contributed by atoms with Crippen molar-refractivity contribution in [2.75, 3.05) is 25.0 Å². The van der Waals surface area contributed by atoms with Crippen molar-refractivity contribution in [3.8, 4) is 0 Å². The van der Waals surface area contributed by atoms with Crippen molar-refractivity contribution >= 4 is 5.69 Å². The molecule has 1 unspecified atom stereocenters. The van der Waals surface area contributed by atoms with Crippen LogP contribution < -0.4 is 10.6 Å². The molecule has 3 N–H and O–H groups in total. The van der Waals surface area contributed by atoms with Crippen molar-refractivity contribution in [3.05, 3.63) is 12.4 Å². The Bertz CT molecular complexity index is 226. The summed E-state index contributed by atoms with van der Waals surface area (Å²) in [5.74, 6) is 0.767. The van der Waals surface area contributed by atoms with Gasteiger partial charge in [0.1, 0.15) is 0 Å². The van der Waals surface area contributed by atoms with Crippen molar-refractivity contribution in [1.82, 2.24) is 15.5 Å². The number of nitrogens with one attached hydrogen (secondary N) is 3. The predicted octanol–water partition coefficient (Wildman–Crippen LogP) is 0.821.